The van der Waals surface area contributed by atoms with Crippen LogP contribution in [0.5, 0.6) is 0 Å². The van der Waals surface area contributed by atoms with Gasteiger partial charge in [0, 0.05) is 42.5 Å². The third-order valence-corrected chi connectivity index (χ3v) is 4.73. The van der Waals surface area contributed by atoms with Gasteiger partial charge in [-0.25, -0.2) is 9.97 Å². The highest BCUT2D eigenvalue weighted by Gasteiger charge is 2.28. The van der Waals surface area contributed by atoms with Crippen LogP contribution in [0.3, 0.4) is 0 Å². The summed E-state index contributed by atoms with van der Waals surface area (Å²) in [5, 5.41) is 14.3. The molecule has 3 rings (SSSR count). The van der Waals surface area contributed by atoms with E-state index in [9.17, 15) is 14.9 Å². The zero-order valence-corrected chi connectivity index (χ0v) is 16.8. The van der Waals surface area contributed by atoms with Crippen molar-refractivity contribution in [2.45, 2.75) is 26.8 Å². The summed E-state index contributed by atoms with van der Waals surface area (Å²) in [4.78, 5) is 34.3. The number of hydrogen-bond acceptors (Lipinski definition) is 7. The van der Waals surface area contributed by atoms with E-state index in [0.29, 0.717) is 49.2 Å². The van der Waals surface area contributed by atoms with Crippen LogP contribution >= 0.6 is 0 Å². The Balaban J connectivity index is 1.87. The van der Waals surface area contributed by atoms with Crippen molar-refractivity contribution in [1.82, 2.24) is 14.9 Å². The Hall–Kier alpha value is -3.07. The SMILES string of the molecule is Cc1cc(NC(C(=O)N2CCOCC2)C(C)C)nc(-c2cccc([N+](=O)[O-])c2)n1. The number of morpholine rings is 1. The fourth-order valence-electron chi connectivity index (χ4n) is 3.18. The quantitative estimate of drug-likeness (QED) is 0.587. The number of amides is 1. The van der Waals surface area contributed by atoms with E-state index in [2.05, 4.69) is 15.3 Å². The largest absolute Gasteiger partial charge is 0.378 e. The van der Waals surface area contributed by atoms with Crippen LogP contribution in [0.1, 0.15) is 19.5 Å². The highest BCUT2D eigenvalue weighted by atomic mass is 16.6. The van der Waals surface area contributed by atoms with Crippen LogP contribution in [0.15, 0.2) is 30.3 Å². The molecule has 9 heteroatoms. The highest BCUT2D eigenvalue weighted by molar-refractivity contribution is 5.85. The summed E-state index contributed by atoms with van der Waals surface area (Å²) in [7, 11) is 0. The Morgan fingerprint density at radius 2 is 1.97 bits per heavy atom. The Morgan fingerprint density at radius 3 is 2.62 bits per heavy atom. The van der Waals surface area contributed by atoms with Crippen LogP contribution in [-0.4, -0.2) is 58.0 Å². The molecule has 0 bridgehead atoms. The zero-order valence-electron chi connectivity index (χ0n) is 16.8. The lowest BCUT2D eigenvalue weighted by atomic mass is 10.0. The van der Waals surface area contributed by atoms with Gasteiger partial charge in [-0.1, -0.05) is 26.0 Å². The first-order valence-electron chi connectivity index (χ1n) is 9.58. The number of carbonyl (C=O) groups is 1. The number of ether oxygens (including phenoxy) is 1. The average Bonchev–Trinajstić information content (AvgIpc) is 2.71. The van der Waals surface area contributed by atoms with E-state index >= 15 is 0 Å². The molecule has 1 aromatic carbocycles. The first-order valence-corrected chi connectivity index (χ1v) is 9.58. The Kier molecular flexibility index (Phi) is 6.38. The van der Waals surface area contributed by atoms with E-state index in [-0.39, 0.29) is 17.5 Å². The molecule has 0 aliphatic carbocycles. The first-order chi connectivity index (χ1) is 13.8. The van der Waals surface area contributed by atoms with E-state index in [1.807, 2.05) is 20.8 Å². The van der Waals surface area contributed by atoms with Crippen molar-refractivity contribution in [3.63, 3.8) is 0 Å². The minimum Gasteiger partial charge on any atom is -0.378 e. The number of benzene rings is 1. The number of nitrogens with one attached hydrogen (secondary N) is 1. The van der Waals surface area contributed by atoms with Crippen molar-refractivity contribution in [2.24, 2.45) is 5.92 Å². The third kappa shape index (κ3) is 5.05. The monoisotopic (exact) mass is 399 g/mol. The second-order valence-electron chi connectivity index (χ2n) is 7.33. The molecular weight excluding hydrogens is 374 g/mol. The van der Waals surface area contributed by atoms with Crippen molar-refractivity contribution in [3.8, 4) is 11.4 Å². The molecule has 9 nitrogen and oxygen atoms in total. The number of hydrogen-bond donors (Lipinski definition) is 1. The van der Waals surface area contributed by atoms with Gasteiger partial charge in [0.15, 0.2) is 5.82 Å². The summed E-state index contributed by atoms with van der Waals surface area (Å²) in [5.41, 5.74) is 1.22. The Bertz CT molecular complexity index is 896. The van der Waals surface area contributed by atoms with Crippen LogP contribution in [0.2, 0.25) is 0 Å². The maximum atomic E-state index is 13.0. The standard InChI is InChI=1S/C20H25N5O4/c1-13(2)18(20(26)24-7-9-29-10-8-24)22-17-11-14(3)21-19(23-17)15-5-4-6-16(12-15)25(27)28/h4-6,11-13,18H,7-10H2,1-3H3,(H,21,22,23). The van der Waals surface area contributed by atoms with Crippen LogP contribution in [0.4, 0.5) is 11.5 Å². The van der Waals surface area contributed by atoms with E-state index < -0.39 is 11.0 Å². The number of aryl methyl sites for hydroxylation is 1. The molecule has 1 aliphatic rings. The molecule has 1 fully saturated rings. The molecule has 2 heterocycles. The van der Waals surface area contributed by atoms with Gasteiger partial charge in [0.25, 0.3) is 5.69 Å². The van der Waals surface area contributed by atoms with Crippen molar-refractivity contribution in [2.75, 3.05) is 31.6 Å². The lowest BCUT2D eigenvalue weighted by Gasteiger charge is -2.32. The van der Waals surface area contributed by atoms with Gasteiger partial charge in [0.1, 0.15) is 11.9 Å². The molecule has 0 spiro atoms. The van der Waals surface area contributed by atoms with Gasteiger partial charge < -0.3 is 15.0 Å². The van der Waals surface area contributed by atoms with Crippen LogP contribution in [-0.2, 0) is 9.53 Å². The number of aromatic nitrogens is 2. The number of nitrogens with zero attached hydrogens (tertiary/aromatic N) is 4. The second kappa shape index (κ2) is 8.95. The van der Waals surface area contributed by atoms with Gasteiger partial charge in [0.2, 0.25) is 5.91 Å². The molecule has 1 amide bonds. The summed E-state index contributed by atoms with van der Waals surface area (Å²) in [5.74, 6) is 0.940. The van der Waals surface area contributed by atoms with E-state index in [0.717, 1.165) is 0 Å². The average molecular weight is 399 g/mol. The minimum absolute atomic E-state index is 0.0106. The van der Waals surface area contributed by atoms with Gasteiger partial charge in [-0.15, -0.1) is 0 Å². The maximum Gasteiger partial charge on any atom is 0.270 e. The van der Waals surface area contributed by atoms with E-state index in [1.165, 1.54) is 12.1 Å². The fraction of sp³-hybridized carbons (Fsp3) is 0.450. The summed E-state index contributed by atoms with van der Waals surface area (Å²) < 4.78 is 5.33. The number of nitro benzene ring substituents is 1. The van der Waals surface area contributed by atoms with E-state index in [4.69, 9.17) is 4.74 Å². The normalized spacial score (nSPS) is 15.2. The molecule has 1 aliphatic heterocycles. The molecule has 1 aromatic heterocycles. The van der Waals surface area contributed by atoms with Gasteiger partial charge in [-0.3, -0.25) is 14.9 Å². The topological polar surface area (TPSA) is 110 Å². The molecular formula is C20H25N5O4. The molecule has 154 valence electrons. The summed E-state index contributed by atoms with van der Waals surface area (Å²) in [6.45, 7) is 8.01. The molecule has 0 saturated carbocycles. The van der Waals surface area contributed by atoms with Gasteiger partial charge in [-0.05, 0) is 12.8 Å². The van der Waals surface area contributed by atoms with E-state index in [1.54, 1.807) is 23.1 Å². The van der Waals surface area contributed by atoms with Gasteiger partial charge in [0.05, 0.1) is 18.1 Å². The van der Waals surface area contributed by atoms with Crippen molar-refractivity contribution < 1.29 is 14.5 Å². The van der Waals surface area contributed by atoms with Gasteiger partial charge in [-0.2, -0.15) is 0 Å². The highest BCUT2D eigenvalue weighted by Crippen LogP contribution is 2.23. The van der Waals surface area contributed by atoms with Crippen molar-refractivity contribution in [1.29, 1.82) is 0 Å². The first kappa shape index (κ1) is 20.7. The smallest absolute Gasteiger partial charge is 0.270 e. The second-order valence-corrected chi connectivity index (χ2v) is 7.33. The number of rotatable bonds is 6. The lowest BCUT2D eigenvalue weighted by Crippen LogP contribution is -2.49. The molecule has 1 N–H and O–H groups in total. The number of non-ortho nitro benzene ring substituents is 1. The van der Waals surface area contributed by atoms with Crippen molar-refractivity contribution in [3.05, 3.63) is 46.1 Å². The van der Waals surface area contributed by atoms with Crippen LogP contribution < -0.4 is 5.32 Å². The Labute approximate surface area is 169 Å². The predicted molar refractivity (Wildman–Crippen MR) is 109 cm³/mol. The van der Waals surface area contributed by atoms with Crippen molar-refractivity contribution >= 4 is 17.4 Å². The Morgan fingerprint density at radius 1 is 1.24 bits per heavy atom. The molecule has 1 saturated heterocycles. The van der Waals surface area contributed by atoms with Gasteiger partial charge >= 0.3 is 0 Å². The lowest BCUT2D eigenvalue weighted by molar-refractivity contribution is -0.384. The molecule has 0 radical (unpaired) electrons. The predicted octanol–water partition coefficient (Wildman–Crippen LogP) is 2.66. The zero-order chi connectivity index (χ0) is 21.0. The fourth-order valence-corrected chi connectivity index (χ4v) is 3.18. The minimum atomic E-state index is -0.450. The molecule has 29 heavy (non-hydrogen) atoms. The summed E-state index contributed by atoms with van der Waals surface area (Å²) in [6, 6.07) is 7.52. The molecule has 1 unspecified atom stereocenters. The third-order valence-electron chi connectivity index (χ3n) is 4.73. The van der Waals surface area contributed by atoms with Crippen LogP contribution in [0.25, 0.3) is 11.4 Å². The summed E-state index contributed by atoms with van der Waals surface area (Å²) in [6.07, 6.45) is 0. The number of anilines is 1. The summed E-state index contributed by atoms with van der Waals surface area (Å²) >= 11 is 0. The maximum absolute atomic E-state index is 13.0. The number of nitro groups is 1. The molecule has 1 atom stereocenters. The molecule has 2 aromatic rings. The number of carbonyl (C=O) groups excluding carboxylic acids is 1. The van der Waals surface area contributed by atoms with Crippen LogP contribution in [0, 0.1) is 23.0 Å².